The number of hydrogen-bond acceptors (Lipinski definition) is 6. The molecule has 0 saturated carbocycles. The largest absolute Gasteiger partial charge is 0.573 e. The molecule has 0 radical (unpaired) electrons. The van der Waals surface area contributed by atoms with Crippen LogP contribution in [-0.4, -0.2) is 32.8 Å². The van der Waals surface area contributed by atoms with Crippen molar-refractivity contribution in [3.8, 4) is 22.1 Å². The van der Waals surface area contributed by atoms with E-state index in [0.29, 0.717) is 16.7 Å². The number of hydrogen-bond donors (Lipinski definition) is 1. The first-order chi connectivity index (χ1) is 15.4. The van der Waals surface area contributed by atoms with Gasteiger partial charge in [-0.15, -0.1) is 34.7 Å². The minimum atomic E-state index is -4.77. The van der Waals surface area contributed by atoms with Crippen molar-refractivity contribution in [1.82, 2.24) is 14.8 Å². The van der Waals surface area contributed by atoms with Crippen LogP contribution >= 0.6 is 23.1 Å². The minimum absolute atomic E-state index is 0.0379. The molecule has 2 aromatic heterocycles. The zero-order valence-corrected chi connectivity index (χ0v) is 17.9. The van der Waals surface area contributed by atoms with Gasteiger partial charge in [0, 0.05) is 11.4 Å². The molecule has 4 aromatic rings. The summed E-state index contributed by atoms with van der Waals surface area (Å²) in [5, 5.41) is 13.7. The summed E-state index contributed by atoms with van der Waals surface area (Å²) in [6.07, 6.45) is -4.77. The second-order valence-corrected chi connectivity index (χ2v) is 8.25. The first kappa shape index (κ1) is 21.9. The van der Waals surface area contributed by atoms with Crippen LogP contribution in [0.25, 0.3) is 16.4 Å². The Kier molecular flexibility index (Phi) is 6.47. The third-order valence-corrected chi connectivity index (χ3v) is 5.89. The highest BCUT2D eigenvalue weighted by atomic mass is 32.2. The molecular weight excluding hydrogens is 461 g/mol. The number of carbonyl (C=O) groups is 1. The second kappa shape index (κ2) is 9.45. The van der Waals surface area contributed by atoms with Gasteiger partial charge in [0.15, 0.2) is 11.0 Å². The lowest BCUT2D eigenvalue weighted by Gasteiger charge is -2.10. The van der Waals surface area contributed by atoms with Gasteiger partial charge in [-0.2, -0.15) is 0 Å². The van der Waals surface area contributed by atoms with Crippen LogP contribution in [0.3, 0.4) is 0 Å². The molecule has 1 amide bonds. The van der Waals surface area contributed by atoms with E-state index in [2.05, 4.69) is 20.3 Å². The van der Waals surface area contributed by atoms with Crippen LogP contribution < -0.4 is 10.1 Å². The average Bonchev–Trinajstić information content (AvgIpc) is 3.43. The summed E-state index contributed by atoms with van der Waals surface area (Å²) in [4.78, 5) is 13.3. The number of alkyl halides is 3. The average molecular weight is 477 g/mol. The Morgan fingerprint density at radius 1 is 1.03 bits per heavy atom. The number of anilines is 1. The zero-order chi connectivity index (χ0) is 22.6. The zero-order valence-electron chi connectivity index (χ0n) is 16.2. The molecule has 32 heavy (non-hydrogen) atoms. The van der Waals surface area contributed by atoms with Crippen LogP contribution in [0.1, 0.15) is 0 Å². The van der Waals surface area contributed by atoms with Crippen molar-refractivity contribution in [3.05, 3.63) is 72.1 Å². The van der Waals surface area contributed by atoms with Gasteiger partial charge < -0.3 is 10.1 Å². The van der Waals surface area contributed by atoms with E-state index in [1.165, 1.54) is 35.2 Å². The first-order valence-corrected chi connectivity index (χ1v) is 11.1. The molecule has 0 fully saturated rings. The lowest BCUT2D eigenvalue weighted by Crippen LogP contribution is -2.17. The van der Waals surface area contributed by atoms with E-state index in [4.69, 9.17) is 0 Å². The number of nitrogens with one attached hydrogen (secondary N) is 1. The summed E-state index contributed by atoms with van der Waals surface area (Å²) < 4.78 is 42.5. The number of para-hydroxylation sites is 1. The van der Waals surface area contributed by atoms with Gasteiger partial charge in [-0.1, -0.05) is 36.0 Å². The molecule has 1 N–H and O–H groups in total. The molecular formula is C21H15F3N4O2S2. The van der Waals surface area contributed by atoms with E-state index in [1.807, 2.05) is 52.4 Å². The topological polar surface area (TPSA) is 69.0 Å². The van der Waals surface area contributed by atoms with Gasteiger partial charge in [0.1, 0.15) is 5.75 Å². The summed E-state index contributed by atoms with van der Waals surface area (Å²) in [6, 6.07) is 18.4. The molecule has 6 nitrogen and oxygen atoms in total. The molecule has 0 aliphatic heterocycles. The Morgan fingerprint density at radius 2 is 1.78 bits per heavy atom. The molecule has 0 aliphatic rings. The molecule has 2 heterocycles. The number of ether oxygens (including phenoxy) is 1. The van der Waals surface area contributed by atoms with E-state index >= 15 is 0 Å². The van der Waals surface area contributed by atoms with Crippen molar-refractivity contribution in [1.29, 1.82) is 0 Å². The van der Waals surface area contributed by atoms with Crippen molar-refractivity contribution in [2.75, 3.05) is 11.1 Å². The lowest BCUT2D eigenvalue weighted by atomic mass is 10.3. The number of aromatic nitrogens is 3. The third kappa shape index (κ3) is 5.48. The highest BCUT2D eigenvalue weighted by molar-refractivity contribution is 7.99. The number of nitrogens with zero attached hydrogens (tertiary/aromatic N) is 3. The fraction of sp³-hybridized carbons (Fsp3) is 0.0952. The molecule has 0 bridgehead atoms. The quantitative estimate of drug-likeness (QED) is 0.351. The first-order valence-electron chi connectivity index (χ1n) is 9.22. The highest BCUT2D eigenvalue weighted by Crippen LogP contribution is 2.30. The smallest absolute Gasteiger partial charge is 0.406 e. The number of halogens is 3. The predicted octanol–water partition coefficient (Wildman–Crippen LogP) is 5.63. The Hall–Kier alpha value is -3.31. The van der Waals surface area contributed by atoms with Crippen molar-refractivity contribution in [2.45, 2.75) is 11.5 Å². The van der Waals surface area contributed by atoms with E-state index in [0.717, 1.165) is 22.7 Å². The van der Waals surface area contributed by atoms with E-state index in [-0.39, 0.29) is 17.4 Å². The SMILES string of the molecule is O=C(CSc1nnc(-c2cccs2)n1-c1ccccc1)Nc1ccc(OC(F)(F)F)cc1. The Morgan fingerprint density at radius 3 is 2.44 bits per heavy atom. The highest BCUT2D eigenvalue weighted by Gasteiger charge is 2.31. The van der Waals surface area contributed by atoms with Gasteiger partial charge in [-0.25, -0.2) is 0 Å². The van der Waals surface area contributed by atoms with E-state index in [9.17, 15) is 18.0 Å². The van der Waals surface area contributed by atoms with E-state index < -0.39 is 6.36 Å². The maximum atomic E-state index is 12.4. The van der Waals surface area contributed by atoms with Gasteiger partial charge in [0.2, 0.25) is 5.91 Å². The normalized spacial score (nSPS) is 11.3. The van der Waals surface area contributed by atoms with Gasteiger partial charge in [-0.05, 0) is 47.8 Å². The Balaban J connectivity index is 1.45. The predicted molar refractivity (Wildman–Crippen MR) is 117 cm³/mol. The molecule has 0 saturated heterocycles. The van der Waals surface area contributed by atoms with Crippen molar-refractivity contribution in [3.63, 3.8) is 0 Å². The van der Waals surface area contributed by atoms with Gasteiger partial charge in [0.25, 0.3) is 0 Å². The lowest BCUT2D eigenvalue weighted by molar-refractivity contribution is -0.274. The van der Waals surface area contributed by atoms with Crippen LogP contribution in [0, 0.1) is 0 Å². The number of thiophene rings is 1. The van der Waals surface area contributed by atoms with Gasteiger partial charge in [0.05, 0.1) is 10.6 Å². The molecule has 11 heteroatoms. The number of thioether (sulfide) groups is 1. The molecule has 0 spiro atoms. The number of rotatable bonds is 7. The maximum absolute atomic E-state index is 12.4. The van der Waals surface area contributed by atoms with E-state index in [1.54, 1.807) is 0 Å². The number of amides is 1. The molecule has 164 valence electrons. The Labute approximate surface area is 189 Å². The van der Waals surface area contributed by atoms with Crippen LogP contribution in [0.2, 0.25) is 0 Å². The van der Waals surface area contributed by atoms with Gasteiger partial charge in [-0.3, -0.25) is 9.36 Å². The van der Waals surface area contributed by atoms with Crippen LogP contribution in [-0.2, 0) is 4.79 Å². The summed E-state index contributed by atoms with van der Waals surface area (Å²) >= 11 is 2.74. The molecule has 2 aromatic carbocycles. The summed E-state index contributed by atoms with van der Waals surface area (Å²) in [5.41, 5.74) is 1.22. The number of carbonyl (C=O) groups excluding carboxylic acids is 1. The van der Waals surface area contributed by atoms with Crippen molar-refractivity contribution in [2.24, 2.45) is 0 Å². The monoisotopic (exact) mass is 476 g/mol. The summed E-state index contributed by atoms with van der Waals surface area (Å²) in [6.45, 7) is 0. The standard InChI is InChI=1S/C21H15F3N4O2S2/c22-21(23,24)30-16-10-8-14(9-11-16)25-18(29)13-32-20-27-26-19(17-7-4-12-31-17)28(20)15-5-2-1-3-6-15/h1-12H,13H2,(H,25,29). The van der Waals surface area contributed by atoms with Crippen LogP contribution in [0.4, 0.5) is 18.9 Å². The number of benzene rings is 2. The summed E-state index contributed by atoms with van der Waals surface area (Å²) in [5.74, 6) is 0.0204. The van der Waals surface area contributed by atoms with Crippen molar-refractivity contribution >= 4 is 34.7 Å². The maximum Gasteiger partial charge on any atom is 0.573 e. The Bertz CT molecular complexity index is 1180. The fourth-order valence-corrected chi connectivity index (χ4v) is 4.26. The van der Waals surface area contributed by atoms with Crippen LogP contribution in [0.15, 0.2) is 77.3 Å². The minimum Gasteiger partial charge on any atom is -0.406 e. The molecule has 0 unspecified atom stereocenters. The summed E-state index contributed by atoms with van der Waals surface area (Å²) in [7, 11) is 0. The second-order valence-electron chi connectivity index (χ2n) is 6.36. The van der Waals surface area contributed by atoms with Gasteiger partial charge >= 0.3 is 6.36 Å². The third-order valence-electron chi connectivity index (χ3n) is 4.09. The molecule has 0 atom stereocenters. The van der Waals surface area contributed by atoms with Crippen LogP contribution in [0.5, 0.6) is 5.75 Å². The molecule has 4 rings (SSSR count). The van der Waals surface area contributed by atoms with Crippen molar-refractivity contribution < 1.29 is 22.7 Å². The fourth-order valence-electron chi connectivity index (χ4n) is 2.81. The molecule has 0 aliphatic carbocycles.